The van der Waals surface area contributed by atoms with Gasteiger partial charge in [0.1, 0.15) is 17.3 Å². The van der Waals surface area contributed by atoms with Crippen molar-refractivity contribution in [3.8, 4) is 17.0 Å². The van der Waals surface area contributed by atoms with Gasteiger partial charge in [0.15, 0.2) is 0 Å². The van der Waals surface area contributed by atoms with Crippen LogP contribution in [0.15, 0.2) is 54.7 Å². The van der Waals surface area contributed by atoms with Crippen molar-refractivity contribution in [2.75, 3.05) is 13.1 Å². The largest absolute Gasteiger partial charge is 0.508 e. The van der Waals surface area contributed by atoms with Crippen molar-refractivity contribution < 1.29 is 14.3 Å². The number of nitrogens with one attached hydrogen (secondary N) is 1. The SMILES string of the molecule is O=C(NCc1ccc(F)cc1)[C@H]1CN2CCC1C[C@@H]2Cn1cc(-c2cccc(O)c2)nn1. The molecule has 3 saturated heterocycles. The Morgan fingerprint density at radius 2 is 2.06 bits per heavy atom. The number of fused-ring (bicyclic) bond motifs is 3. The minimum atomic E-state index is -0.273. The molecule has 8 heteroatoms. The van der Waals surface area contributed by atoms with E-state index in [4.69, 9.17) is 0 Å². The summed E-state index contributed by atoms with van der Waals surface area (Å²) in [5, 5.41) is 21.2. The van der Waals surface area contributed by atoms with E-state index in [2.05, 4.69) is 20.5 Å². The predicted octanol–water partition coefficient (Wildman–Crippen LogP) is 2.82. The highest BCUT2D eigenvalue weighted by atomic mass is 19.1. The first-order valence-corrected chi connectivity index (χ1v) is 11.0. The topological polar surface area (TPSA) is 83.3 Å². The van der Waals surface area contributed by atoms with Gasteiger partial charge in [-0.05, 0) is 55.1 Å². The Labute approximate surface area is 185 Å². The van der Waals surface area contributed by atoms with Crippen molar-refractivity contribution in [3.63, 3.8) is 0 Å². The van der Waals surface area contributed by atoms with E-state index in [-0.39, 0.29) is 23.4 Å². The molecule has 3 aromatic rings. The van der Waals surface area contributed by atoms with Crippen molar-refractivity contribution in [2.24, 2.45) is 11.8 Å². The van der Waals surface area contributed by atoms with Crippen LogP contribution < -0.4 is 5.32 Å². The molecule has 3 fully saturated rings. The monoisotopic (exact) mass is 435 g/mol. The van der Waals surface area contributed by atoms with Crippen molar-refractivity contribution in [1.29, 1.82) is 0 Å². The van der Waals surface area contributed by atoms with Crippen LogP contribution in [-0.4, -0.2) is 50.0 Å². The molecular formula is C24H26FN5O2. The molecule has 1 aromatic heterocycles. The summed E-state index contributed by atoms with van der Waals surface area (Å²) in [5.74, 6) is 0.349. The maximum Gasteiger partial charge on any atom is 0.224 e. The van der Waals surface area contributed by atoms with E-state index in [1.54, 1.807) is 30.3 Å². The summed E-state index contributed by atoms with van der Waals surface area (Å²) in [4.78, 5) is 15.2. The van der Waals surface area contributed by atoms with E-state index in [9.17, 15) is 14.3 Å². The van der Waals surface area contributed by atoms with Crippen molar-refractivity contribution in [2.45, 2.75) is 32.0 Å². The van der Waals surface area contributed by atoms with Gasteiger partial charge >= 0.3 is 0 Å². The second kappa shape index (κ2) is 8.70. The van der Waals surface area contributed by atoms with E-state index in [0.29, 0.717) is 18.5 Å². The highest BCUT2D eigenvalue weighted by molar-refractivity contribution is 5.79. The third-order valence-electron chi connectivity index (χ3n) is 6.67. The first-order chi connectivity index (χ1) is 15.5. The van der Waals surface area contributed by atoms with Crippen LogP contribution in [0.25, 0.3) is 11.3 Å². The number of nitrogens with zero attached hydrogens (tertiary/aromatic N) is 4. The zero-order valence-corrected chi connectivity index (χ0v) is 17.7. The number of aromatic hydroxyl groups is 1. The predicted molar refractivity (Wildman–Crippen MR) is 117 cm³/mol. The number of carbonyl (C=O) groups excluding carboxylic acids is 1. The molecule has 0 aliphatic carbocycles. The highest BCUT2D eigenvalue weighted by Crippen LogP contribution is 2.37. The average Bonchev–Trinajstić information content (AvgIpc) is 3.27. The fourth-order valence-corrected chi connectivity index (χ4v) is 4.95. The molecular weight excluding hydrogens is 409 g/mol. The third kappa shape index (κ3) is 4.36. The quantitative estimate of drug-likeness (QED) is 0.622. The number of aromatic nitrogens is 3. The number of rotatable bonds is 6. The zero-order chi connectivity index (χ0) is 22.1. The van der Waals surface area contributed by atoms with E-state index in [0.717, 1.165) is 49.3 Å². The van der Waals surface area contributed by atoms with Gasteiger partial charge in [-0.3, -0.25) is 14.4 Å². The molecule has 0 spiro atoms. The number of halogens is 1. The number of carbonyl (C=O) groups is 1. The lowest BCUT2D eigenvalue weighted by atomic mass is 9.75. The van der Waals surface area contributed by atoms with Gasteiger partial charge in [-0.25, -0.2) is 4.39 Å². The molecule has 2 aromatic carbocycles. The van der Waals surface area contributed by atoms with Gasteiger partial charge in [-0.15, -0.1) is 5.10 Å². The summed E-state index contributed by atoms with van der Waals surface area (Å²) in [6, 6.07) is 13.5. The standard InChI is InChI=1S/C24H26FN5O2/c25-19-6-4-16(5-7-19)12-26-24(32)22-14-29-9-8-17(22)10-20(29)13-30-15-23(27-28-30)18-2-1-3-21(31)11-18/h1-7,11,15,17,20,22,31H,8-10,12-14H2,(H,26,32)/t17?,20-,22+/m1/s1. The molecule has 1 amide bonds. The molecule has 4 heterocycles. The summed E-state index contributed by atoms with van der Waals surface area (Å²) < 4.78 is 14.9. The first kappa shape index (κ1) is 20.6. The maximum atomic E-state index is 13.1. The molecule has 7 nitrogen and oxygen atoms in total. The summed E-state index contributed by atoms with van der Waals surface area (Å²) in [6.07, 6.45) is 3.89. The van der Waals surface area contributed by atoms with Gasteiger partial charge in [0.25, 0.3) is 0 Å². The molecule has 2 N–H and O–H groups in total. The minimum absolute atomic E-state index is 0.0148. The van der Waals surface area contributed by atoms with Crippen LogP contribution in [-0.2, 0) is 17.9 Å². The summed E-state index contributed by atoms with van der Waals surface area (Å²) in [5.41, 5.74) is 2.46. The Hall–Kier alpha value is -3.26. The van der Waals surface area contributed by atoms with Crippen LogP contribution >= 0.6 is 0 Å². The Kier molecular flexibility index (Phi) is 5.61. The van der Waals surface area contributed by atoms with Crippen LogP contribution in [0.3, 0.4) is 0 Å². The highest BCUT2D eigenvalue weighted by Gasteiger charge is 2.43. The van der Waals surface area contributed by atoms with Gasteiger partial charge in [-0.1, -0.05) is 29.5 Å². The van der Waals surface area contributed by atoms with Crippen LogP contribution in [0.5, 0.6) is 5.75 Å². The lowest BCUT2D eigenvalue weighted by molar-refractivity contribution is -0.133. The second-order valence-corrected chi connectivity index (χ2v) is 8.76. The molecule has 32 heavy (non-hydrogen) atoms. The number of piperidine rings is 3. The Bertz CT molecular complexity index is 1100. The second-order valence-electron chi connectivity index (χ2n) is 8.76. The minimum Gasteiger partial charge on any atom is -0.508 e. The van der Waals surface area contributed by atoms with E-state index < -0.39 is 0 Å². The molecule has 0 saturated carbocycles. The van der Waals surface area contributed by atoms with Gasteiger partial charge in [0.2, 0.25) is 5.91 Å². The van der Waals surface area contributed by atoms with Crippen molar-refractivity contribution >= 4 is 5.91 Å². The van der Waals surface area contributed by atoms with Crippen molar-refractivity contribution in [1.82, 2.24) is 25.2 Å². The summed E-state index contributed by atoms with van der Waals surface area (Å²) >= 11 is 0. The lowest BCUT2D eigenvalue weighted by Crippen LogP contribution is -2.57. The Balaban J connectivity index is 1.18. The normalized spacial score (nSPS) is 24.4. The van der Waals surface area contributed by atoms with E-state index >= 15 is 0 Å². The molecule has 4 atom stereocenters. The number of hydrogen-bond acceptors (Lipinski definition) is 5. The number of phenolic OH excluding ortho intramolecular Hbond substituents is 1. The van der Waals surface area contributed by atoms with Gasteiger partial charge in [0, 0.05) is 24.7 Å². The van der Waals surface area contributed by atoms with Gasteiger partial charge < -0.3 is 10.4 Å². The molecule has 2 bridgehead atoms. The van der Waals surface area contributed by atoms with E-state index in [1.807, 2.05) is 16.9 Å². The van der Waals surface area contributed by atoms with Gasteiger partial charge in [-0.2, -0.15) is 0 Å². The van der Waals surface area contributed by atoms with Gasteiger partial charge in [0.05, 0.1) is 18.7 Å². The molecule has 2 unspecified atom stereocenters. The summed E-state index contributed by atoms with van der Waals surface area (Å²) in [7, 11) is 0. The molecule has 3 aliphatic heterocycles. The maximum absolute atomic E-state index is 13.1. The van der Waals surface area contributed by atoms with Crippen molar-refractivity contribution in [3.05, 3.63) is 66.1 Å². The number of benzene rings is 2. The van der Waals surface area contributed by atoms with Crippen LogP contribution in [0.1, 0.15) is 18.4 Å². The fraction of sp³-hybridized carbons (Fsp3) is 0.375. The number of phenols is 1. The Morgan fingerprint density at radius 3 is 2.81 bits per heavy atom. The van der Waals surface area contributed by atoms with Crippen LogP contribution in [0, 0.1) is 17.7 Å². The van der Waals surface area contributed by atoms with Crippen LogP contribution in [0.2, 0.25) is 0 Å². The average molecular weight is 436 g/mol. The zero-order valence-electron chi connectivity index (χ0n) is 17.7. The molecule has 0 radical (unpaired) electrons. The first-order valence-electron chi connectivity index (χ1n) is 11.0. The lowest BCUT2D eigenvalue weighted by Gasteiger charge is -2.49. The molecule has 6 rings (SSSR count). The summed E-state index contributed by atoms with van der Waals surface area (Å²) in [6.45, 7) is 2.89. The fourth-order valence-electron chi connectivity index (χ4n) is 4.95. The Morgan fingerprint density at radius 1 is 1.22 bits per heavy atom. The number of amides is 1. The molecule has 3 aliphatic rings. The van der Waals surface area contributed by atoms with Crippen LogP contribution in [0.4, 0.5) is 4.39 Å². The molecule has 166 valence electrons. The number of hydrogen-bond donors (Lipinski definition) is 2. The smallest absolute Gasteiger partial charge is 0.224 e. The third-order valence-corrected chi connectivity index (χ3v) is 6.67. The van der Waals surface area contributed by atoms with E-state index in [1.165, 1.54) is 12.1 Å².